The van der Waals surface area contributed by atoms with Crippen molar-refractivity contribution in [2.24, 2.45) is 5.92 Å². The van der Waals surface area contributed by atoms with Crippen LogP contribution in [0.1, 0.15) is 31.4 Å². The van der Waals surface area contributed by atoms with E-state index in [1.165, 1.54) is 5.56 Å². The number of nitrogens with zero attached hydrogens (tertiary/aromatic N) is 1. The van der Waals surface area contributed by atoms with Crippen LogP contribution in [-0.4, -0.2) is 29.1 Å². The van der Waals surface area contributed by atoms with E-state index in [0.717, 1.165) is 31.0 Å². The molecule has 0 spiro atoms. The van der Waals surface area contributed by atoms with Gasteiger partial charge in [-0.25, -0.2) is 0 Å². The van der Waals surface area contributed by atoms with E-state index in [1.807, 2.05) is 24.3 Å². The maximum Gasteiger partial charge on any atom is 0.306 e. The zero-order valence-corrected chi connectivity index (χ0v) is 12.5. The second kappa shape index (κ2) is 7.13. The fourth-order valence-corrected chi connectivity index (χ4v) is 2.61. The summed E-state index contributed by atoms with van der Waals surface area (Å²) in [6, 6.07) is 8.19. The Hall–Kier alpha value is -0.770. The summed E-state index contributed by atoms with van der Waals surface area (Å²) >= 11 is 5.88. The average Bonchev–Trinajstić information content (AvgIpc) is 2.39. The minimum absolute atomic E-state index is 0. The molecule has 0 amide bonds. The van der Waals surface area contributed by atoms with Gasteiger partial charge in [-0.05, 0) is 50.6 Å². The van der Waals surface area contributed by atoms with Crippen molar-refractivity contribution >= 4 is 30.0 Å². The summed E-state index contributed by atoms with van der Waals surface area (Å²) < 4.78 is 0. The van der Waals surface area contributed by atoms with Crippen LogP contribution in [-0.2, 0) is 4.79 Å². The summed E-state index contributed by atoms with van der Waals surface area (Å²) in [5.41, 5.74) is 1.23. The molecule has 1 aliphatic rings. The molecule has 1 aromatic rings. The quantitative estimate of drug-likeness (QED) is 0.927. The summed E-state index contributed by atoms with van der Waals surface area (Å²) in [6.45, 7) is 3.85. The Morgan fingerprint density at radius 3 is 2.32 bits per heavy atom. The third-order valence-corrected chi connectivity index (χ3v) is 4.03. The Bertz CT molecular complexity index is 414. The molecule has 1 fully saturated rings. The number of hydrogen-bond acceptors (Lipinski definition) is 2. The highest BCUT2D eigenvalue weighted by atomic mass is 35.5. The first-order valence-electron chi connectivity index (χ1n) is 6.30. The lowest BCUT2D eigenvalue weighted by Gasteiger charge is -2.35. The molecule has 1 aliphatic heterocycles. The zero-order valence-electron chi connectivity index (χ0n) is 10.9. The standard InChI is InChI=1S/C14H18ClNO2.ClH/c1-10(11-2-4-13(15)5-3-11)16-8-6-12(7-9-16)14(17)18;/h2-5,10,12H,6-9H2,1H3,(H,17,18);1H. The van der Waals surface area contributed by atoms with Crippen molar-refractivity contribution in [3.05, 3.63) is 34.9 Å². The number of carboxylic acids is 1. The fourth-order valence-electron chi connectivity index (χ4n) is 2.49. The van der Waals surface area contributed by atoms with Crippen molar-refractivity contribution in [2.45, 2.75) is 25.8 Å². The SMILES string of the molecule is CC(c1ccc(Cl)cc1)N1CCC(C(=O)O)CC1.Cl. The molecule has 1 atom stereocenters. The van der Waals surface area contributed by atoms with Gasteiger partial charge in [0.15, 0.2) is 0 Å². The smallest absolute Gasteiger partial charge is 0.306 e. The summed E-state index contributed by atoms with van der Waals surface area (Å²) in [4.78, 5) is 13.2. The van der Waals surface area contributed by atoms with Crippen LogP contribution in [0.3, 0.4) is 0 Å². The van der Waals surface area contributed by atoms with Gasteiger partial charge in [0.05, 0.1) is 5.92 Å². The third kappa shape index (κ3) is 4.10. The molecule has 0 aromatic heterocycles. The maximum atomic E-state index is 10.9. The Kier molecular flexibility index (Phi) is 6.11. The van der Waals surface area contributed by atoms with Crippen molar-refractivity contribution < 1.29 is 9.90 Å². The number of rotatable bonds is 3. The lowest BCUT2D eigenvalue weighted by molar-refractivity contribution is -0.143. The number of aliphatic carboxylic acids is 1. The highest BCUT2D eigenvalue weighted by Crippen LogP contribution is 2.27. The van der Waals surface area contributed by atoms with E-state index in [-0.39, 0.29) is 18.3 Å². The molecule has 1 saturated heterocycles. The van der Waals surface area contributed by atoms with Crippen LogP contribution in [0.2, 0.25) is 5.02 Å². The molecule has 106 valence electrons. The lowest BCUT2D eigenvalue weighted by atomic mass is 9.95. The molecule has 5 heteroatoms. The minimum Gasteiger partial charge on any atom is -0.481 e. The van der Waals surface area contributed by atoms with Crippen LogP contribution in [0.5, 0.6) is 0 Å². The first-order valence-corrected chi connectivity index (χ1v) is 6.68. The van der Waals surface area contributed by atoms with E-state index in [9.17, 15) is 4.79 Å². The van der Waals surface area contributed by atoms with E-state index in [1.54, 1.807) is 0 Å². The molecule has 0 radical (unpaired) electrons. The predicted octanol–water partition coefficient (Wildman–Crippen LogP) is 3.62. The van der Waals surface area contributed by atoms with Gasteiger partial charge >= 0.3 is 5.97 Å². The number of piperidine rings is 1. The molecule has 0 aliphatic carbocycles. The van der Waals surface area contributed by atoms with Gasteiger partial charge in [-0.1, -0.05) is 23.7 Å². The van der Waals surface area contributed by atoms with Crippen LogP contribution in [0.4, 0.5) is 0 Å². The molecule has 3 nitrogen and oxygen atoms in total. The van der Waals surface area contributed by atoms with Crippen molar-refractivity contribution in [3.8, 4) is 0 Å². The lowest BCUT2D eigenvalue weighted by Crippen LogP contribution is -2.37. The van der Waals surface area contributed by atoms with Gasteiger partial charge in [-0.3, -0.25) is 9.69 Å². The summed E-state index contributed by atoms with van der Waals surface area (Å²) in [5, 5.41) is 9.72. The van der Waals surface area contributed by atoms with Gasteiger partial charge in [0.2, 0.25) is 0 Å². The average molecular weight is 304 g/mol. The first-order chi connectivity index (χ1) is 8.58. The molecule has 19 heavy (non-hydrogen) atoms. The van der Waals surface area contributed by atoms with Gasteiger partial charge < -0.3 is 5.11 Å². The summed E-state index contributed by atoms with van der Waals surface area (Å²) in [7, 11) is 0. The van der Waals surface area contributed by atoms with Crippen LogP contribution in [0.15, 0.2) is 24.3 Å². The number of likely N-dealkylation sites (tertiary alicyclic amines) is 1. The van der Waals surface area contributed by atoms with E-state index in [4.69, 9.17) is 16.7 Å². The van der Waals surface area contributed by atoms with E-state index < -0.39 is 5.97 Å². The zero-order chi connectivity index (χ0) is 13.1. The molecular weight excluding hydrogens is 285 g/mol. The van der Waals surface area contributed by atoms with E-state index >= 15 is 0 Å². The number of benzene rings is 1. The number of carboxylic acid groups (broad SMARTS) is 1. The normalized spacial score (nSPS) is 18.6. The van der Waals surface area contributed by atoms with Crippen molar-refractivity contribution in [1.82, 2.24) is 4.90 Å². The second-order valence-electron chi connectivity index (χ2n) is 4.88. The highest BCUT2D eigenvalue weighted by Gasteiger charge is 2.27. The fraction of sp³-hybridized carbons (Fsp3) is 0.500. The Balaban J connectivity index is 0.00000180. The van der Waals surface area contributed by atoms with Crippen molar-refractivity contribution in [1.29, 1.82) is 0 Å². The first kappa shape index (κ1) is 16.3. The summed E-state index contributed by atoms with van der Waals surface area (Å²) in [5.74, 6) is -0.826. The Morgan fingerprint density at radius 1 is 1.32 bits per heavy atom. The van der Waals surface area contributed by atoms with Gasteiger partial charge in [0.25, 0.3) is 0 Å². The maximum absolute atomic E-state index is 10.9. The molecule has 1 unspecified atom stereocenters. The molecule has 1 heterocycles. The number of hydrogen-bond donors (Lipinski definition) is 1. The molecule has 0 bridgehead atoms. The Labute approximate surface area is 125 Å². The van der Waals surface area contributed by atoms with Gasteiger partial charge in [0, 0.05) is 11.1 Å². The van der Waals surface area contributed by atoms with Gasteiger partial charge in [0.1, 0.15) is 0 Å². The van der Waals surface area contributed by atoms with Crippen LogP contribution in [0.25, 0.3) is 0 Å². The minimum atomic E-state index is -0.659. The van der Waals surface area contributed by atoms with Crippen molar-refractivity contribution in [2.75, 3.05) is 13.1 Å². The largest absolute Gasteiger partial charge is 0.481 e. The van der Waals surface area contributed by atoms with E-state index in [2.05, 4.69) is 11.8 Å². The molecule has 0 saturated carbocycles. The number of halogens is 2. The van der Waals surface area contributed by atoms with Crippen LogP contribution < -0.4 is 0 Å². The van der Waals surface area contributed by atoms with E-state index in [0.29, 0.717) is 6.04 Å². The van der Waals surface area contributed by atoms with Crippen molar-refractivity contribution in [3.63, 3.8) is 0 Å². The summed E-state index contributed by atoms with van der Waals surface area (Å²) in [6.07, 6.45) is 1.49. The topological polar surface area (TPSA) is 40.5 Å². The monoisotopic (exact) mass is 303 g/mol. The molecule has 1 N–H and O–H groups in total. The van der Waals surface area contributed by atoms with Gasteiger partial charge in [-0.15, -0.1) is 12.4 Å². The second-order valence-corrected chi connectivity index (χ2v) is 5.31. The van der Waals surface area contributed by atoms with Crippen LogP contribution in [0, 0.1) is 5.92 Å². The van der Waals surface area contributed by atoms with Crippen LogP contribution >= 0.6 is 24.0 Å². The highest BCUT2D eigenvalue weighted by molar-refractivity contribution is 6.30. The van der Waals surface area contributed by atoms with Gasteiger partial charge in [-0.2, -0.15) is 0 Å². The molecule has 2 rings (SSSR count). The predicted molar refractivity (Wildman–Crippen MR) is 79.0 cm³/mol. The number of carbonyl (C=O) groups is 1. The third-order valence-electron chi connectivity index (χ3n) is 3.78. The molecule has 1 aromatic carbocycles. The Morgan fingerprint density at radius 2 is 1.84 bits per heavy atom. The molecular formula is C14H19Cl2NO2.